The first-order chi connectivity index (χ1) is 9.81. The zero-order chi connectivity index (χ0) is 13.8. The Morgan fingerprint density at radius 3 is 2.33 bits per heavy atom. The molecule has 0 amide bonds. The molecule has 0 unspecified atom stereocenters. The van der Waals surface area contributed by atoms with Gasteiger partial charge in [0.1, 0.15) is 18.0 Å². The average molecular weight is 376 g/mol. The first-order valence-corrected chi connectivity index (χ1v) is 6.56. The maximum Gasteiger partial charge on any atom is 0.191 e. The lowest BCUT2D eigenvalue weighted by Crippen LogP contribution is -3.00. The summed E-state index contributed by atoms with van der Waals surface area (Å²) < 4.78 is 12.8. The quantitative estimate of drug-likeness (QED) is 0.495. The van der Waals surface area contributed by atoms with E-state index in [0.717, 1.165) is 29.1 Å². The predicted octanol–water partition coefficient (Wildman–Crippen LogP) is -6.52. The number of rotatable bonds is 4. The summed E-state index contributed by atoms with van der Waals surface area (Å²) in [5.74, 6) is -0.195. The Morgan fingerprint density at radius 2 is 1.71 bits per heavy atom. The van der Waals surface area contributed by atoms with Gasteiger partial charge in [-0.3, -0.25) is 5.32 Å². The van der Waals surface area contributed by atoms with E-state index in [9.17, 15) is 4.39 Å². The number of nitrogens with zero attached hydrogens (tertiary/aromatic N) is 1. The van der Waals surface area contributed by atoms with Crippen molar-refractivity contribution < 1.29 is 50.8 Å². The van der Waals surface area contributed by atoms with Gasteiger partial charge < -0.3 is 41.1 Å². The molecule has 0 aromatic heterocycles. The van der Waals surface area contributed by atoms with Crippen LogP contribution in [0.2, 0.25) is 0 Å². The number of hydrogen-bond donors (Lipinski definition) is 2. The number of hydrogen-bond acceptors (Lipinski definition) is 1. The second-order valence-electron chi connectivity index (χ2n) is 4.71. The molecule has 0 saturated carbocycles. The minimum atomic E-state index is -0.195. The van der Waals surface area contributed by atoms with Crippen LogP contribution >= 0.6 is 0 Å². The van der Waals surface area contributed by atoms with E-state index >= 15 is 0 Å². The van der Waals surface area contributed by atoms with Gasteiger partial charge in [0, 0.05) is 17.2 Å². The second kappa shape index (κ2) is 11.7. The summed E-state index contributed by atoms with van der Waals surface area (Å²) >= 11 is 0. The number of quaternary nitrogens is 2. The van der Waals surface area contributed by atoms with Crippen molar-refractivity contribution in [1.82, 2.24) is 0 Å². The first kappa shape index (κ1) is 24.5. The molecule has 2 aromatic carbocycles. The van der Waals surface area contributed by atoms with Crippen LogP contribution in [0.1, 0.15) is 11.1 Å². The van der Waals surface area contributed by atoms with Crippen LogP contribution in [0.15, 0.2) is 59.7 Å². The van der Waals surface area contributed by atoms with E-state index in [0.29, 0.717) is 0 Å². The summed E-state index contributed by atoms with van der Waals surface area (Å²) in [5.41, 5.74) is 4.55. The lowest BCUT2D eigenvalue weighted by atomic mass is 10.1. The molecule has 0 radical (unpaired) electrons. The zero-order valence-electron chi connectivity index (χ0n) is 12.7. The van der Waals surface area contributed by atoms with E-state index in [4.69, 9.17) is 0 Å². The molecular formula is C16H20Cl2FN3O2. The maximum absolute atomic E-state index is 12.8. The van der Waals surface area contributed by atoms with Gasteiger partial charge in [-0.25, -0.2) is 9.38 Å². The molecule has 24 heavy (non-hydrogen) atoms. The molecule has 1 aliphatic rings. The predicted molar refractivity (Wildman–Crippen MR) is 83.8 cm³/mol. The number of aliphatic imine (C=N–C) groups is 1. The number of nitrogens with two attached hydrogens (primary N) is 2. The smallest absolute Gasteiger partial charge is 0.191 e. The second-order valence-corrected chi connectivity index (χ2v) is 4.71. The molecule has 0 aliphatic carbocycles. The van der Waals surface area contributed by atoms with Crippen LogP contribution in [-0.2, 0) is 6.54 Å². The van der Waals surface area contributed by atoms with E-state index in [2.05, 4.69) is 28.5 Å². The van der Waals surface area contributed by atoms with Crippen LogP contribution in [0.25, 0.3) is 5.70 Å². The fourth-order valence-corrected chi connectivity index (χ4v) is 2.16. The third-order valence-electron chi connectivity index (χ3n) is 3.26. The molecule has 1 heterocycles. The van der Waals surface area contributed by atoms with Gasteiger partial charge in [0.2, 0.25) is 0 Å². The van der Waals surface area contributed by atoms with Crippen LogP contribution in [0.3, 0.4) is 0 Å². The van der Waals surface area contributed by atoms with Gasteiger partial charge in [-0.1, -0.05) is 18.2 Å². The fourth-order valence-electron chi connectivity index (χ4n) is 2.16. The van der Waals surface area contributed by atoms with Gasteiger partial charge in [0.15, 0.2) is 12.0 Å². The molecule has 0 bridgehead atoms. The van der Waals surface area contributed by atoms with Crippen LogP contribution in [0.5, 0.6) is 0 Å². The van der Waals surface area contributed by atoms with Crippen molar-refractivity contribution in [2.24, 2.45) is 4.99 Å². The Morgan fingerprint density at radius 1 is 1.00 bits per heavy atom. The molecule has 1 aliphatic heterocycles. The standard InChI is InChI=1S/C16H14FN3.2ClH.2H2O/c17-14-6-4-12(5-7-14)9-19-15-3-1-2-13(8-15)16-10-18-11-20-16;;;;/h1-8,10-11,19H,9H2,(H,18,20);2*1H;2*1H2. The Hall–Kier alpha value is -1.80. The van der Waals surface area contributed by atoms with Crippen molar-refractivity contribution >= 4 is 17.7 Å². The van der Waals surface area contributed by atoms with Crippen molar-refractivity contribution in [3.05, 3.63) is 71.7 Å². The van der Waals surface area contributed by atoms with Crippen molar-refractivity contribution in [1.29, 1.82) is 0 Å². The lowest BCUT2D eigenvalue weighted by molar-refractivity contribution is -0.588. The highest BCUT2D eigenvalue weighted by molar-refractivity contribution is 5.68. The van der Waals surface area contributed by atoms with Gasteiger partial charge in [0.05, 0.1) is 6.20 Å². The normalized spacial score (nSPS) is 11.3. The van der Waals surface area contributed by atoms with Gasteiger partial charge >= 0.3 is 0 Å². The van der Waals surface area contributed by atoms with Crippen molar-refractivity contribution in [3.63, 3.8) is 0 Å². The van der Waals surface area contributed by atoms with E-state index in [1.54, 1.807) is 6.34 Å². The molecule has 8 N–H and O–H groups in total. The van der Waals surface area contributed by atoms with Crippen LogP contribution in [0, 0.1) is 5.82 Å². The van der Waals surface area contributed by atoms with Crippen molar-refractivity contribution in [2.75, 3.05) is 0 Å². The summed E-state index contributed by atoms with van der Waals surface area (Å²) in [5, 5.41) is 4.15. The van der Waals surface area contributed by atoms with E-state index < -0.39 is 0 Å². The number of benzene rings is 2. The first-order valence-electron chi connectivity index (χ1n) is 6.56. The summed E-state index contributed by atoms with van der Waals surface area (Å²) in [4.78, 5) is 4.08. The van der Waals surface area contributed by atoms with E-state index in [1.165, 1.54) is 12.1 Å². The van der Waals surface area contributed by atoms with Crippen LogP contribution < -0.4 is 35.4 Å². The van der Waals surface area contributed by atoms with Gasteiger partial charge in [-0.15, -0.1) is 0 Å². The maximum atomic E-state index is 12.8. The molecule has 0 atom stereocenters. The van der Waals surface area contributed by atoms with E-state index in [-0.39, 0.29) is 41.6 Å². The largest absolute Gasteiger partial charge is 1.00 e. The molecule has 3 rings (SSSR count). The van der Waals surface area contributed by atoms with Gasteiger partial charge in [-0.2, -0.15) is 0 Å². The number of halogens is 3. The monoisotopic (exact) mass is 375 g/mol. The third kappa shape index (κ3) is 6.37. The van der Waals surface area contributed by atoms with Gasteiger partial charge in [-0.05, 0) is 24.3 Å². The molecule has 132 valence electrons. The summed E-state index contributed by atoms with van der Waals surface area (Å²) in [6, 6.07) is 15.0. The highest BCUT2D eigenvalue weighted by atomic mass is 35.5. The summed E-state index contributed by atoms with van der Waals surface area (Å²) in [6.07, 6.45) is 3.66. The molecule has 0 saturated heterocycles. The molecular weight excluding hydrogens is 356 g/mol. The van der Waals surface area contributed by atoms with E-state index in [1.807, 2.05) is 29.7 Å². The minimum absolute atomic E-state index is 0. The SMILES string of the molecule is Fc1ccc(C[NH2+]c2cccc(C3=CN=C[NH2+]3)c2)cc1.O.O.[Cl-].[Cl-]. The molecule has 0 spiro atoms. The molecule has 2 aromatic rings. The Labute approximate surface area is 152 Å². The Kier molecular flexibility index (Phi) is 11.9. The minimum Gasteiger partial charge on any atom is -1.00 e. The van der Waals surface area contributed by atoms with Crippen molar-refractivity contribution in [2.45, 2.75) is 6.54 Å². The van der Waals surface area contributed by atoms with Gasteiger partial charge in [0.25, 0.3) is 0 Å². The zero-order valence-corrected chi connectivity index (χ0v) is 14.2. The third-order valence-corrected chi connectivity index (χ3v) is 3.26. The fraction of sp³-hybridized carbons (Fsp3) is 0.0625. The van der Waals surface area contributed by atoms with Crippen LogP contribution in [-0.4, -0.2) is 17.3 Å². The summed E-state index contributed by atoms with van der Waals surface area (Å²) in [6.45, 7) is 0.795. The van der Waals surface area contributed by atoms with Crippen molar-refractivity contribution in [3.8, 4) is 0 Å². The highest BCUT2D eigenvalue weighted by Crippen LogP contribution is 2.12. The molecule has 0 fully saturated rings. The topological polar surface area (TPSA) is 109 Å². The molecule has 8 heteroatoms. The Balaban J connectivity index is 0. The van der Waals surface area contributed by atoms with Crippen LogP contribution in [0.4, 0.5) is 10.1 Å². The Bertz CT molecular complexity index is 679. The average Bonchev–Trinajstić information content (AvgIpc) is 3.01. The molecule has 5 nitrogen and oxygen atoms in total. The highest BCUT2D eigenvalue weighted by Gasteiger charge is 2.10. The summed E-state index contributed by atoms with van der Waals surface area (Å²) in [7, 11) is 0. The lowest BCUT2D eigenvalue weighted by Gasteiger charge is -2.03.